The maximum atomic E-state index is 12.6. The highest BCUT2D eigenvalue weighted by Crippen LogP contribution is 2.40. The van der Waals surface area contributed by atoms with E-state index in [0.717, 1.165) is 25.7 Å². The first-order chi connectivity index (χ1) is 12.1. The molecule has 2 atom stereocenters. The quantitative estimate of drug-likeness (QED) is 0.863. The highest BCUT2D eigenvalue weighted by atomic mass is 16.2. The van der Waals surface area contributed by atoms with E-state index in [1.54, 1.807) is 24.3 Å². The lowest BCUT2D eigenvalue weighted by Gasteiger charge is -2.36. The Bertz CT molecular complexity index is 655. The summed E-state index contributed by atoms with van der Waals surface area (Å²) in [5, 5.41) is 5.77. The number of ketones is 1. The predicted molar refractivity (Wildman–Crippen MR) is 96.3 cm³/mol. The third kappa shape index (κ3) is 4.09. The predicted octanol–water partition coefficient (Wildman–Crippen LogP) is 3.16. The zero-order valence-electron chi connectivity index (χ0n) is 14.7. The van der Waals surface area contributed by atoms with Gasteiger partial charge in [0.25, 0.3) is 5.91 Å². The van der Waals surface area contributed by atoms with E-state index in [9.17, 15) is 14.4 Å². The van der Waals surface area contributed by atoms with E-state index >= 15 is 0 Å². The van der Waals surface area contributed by atoms with Crippen molar-refractivity contribution in [2.75, 3.05) is 11.9 Å². The third-order valence-electron chi connectivity index (χ3n) is 5.35. The van der Waals surface area contributed by atoms with Gasteiger partial charge in [0.2, 0.25) is 5.91 Å². The van der Waals surface area contributed by atoms with E-state index < -0.39 is 0 Å². The Balaban J connectivity index is 1.63. The number of amides is 2. The Morgan fingerprint density at radius 3 is 2.56 bits per heavy atom. The summed E-state index contributed by atoms with van der Waals surface area (Å²) in [7, 11) is 0. The summed E-state index contributed by atoms with van der Waals surface area (Å²) in [4.78, 5) is 36.8. The molecule has 2 bridgehead atoms. The van der Waals surface area contributed by atoms with Gasteiger partial charge in [-0.15, -0.1) is 0 Å². The molecule has 0 radical (unpaired) electrons. The molecule has 5 nitrogen and oxygen atoms in total. The first kappa shape index (κ1) is 17.6. The van der Waals surface area contributed by atoms with Gasteiger partial charge in [0, 0.05) is 35.5 Å². The number of fused-ring (bicyclic) bond motifs is 2. The van der Waals surface area contributed by atoms with Crippen molar-refractivity contribution in [1.82, 2.24) is 5.32 Å². The topological polar surface area (TPSA) is 75.3 Å². The van der Waals surface area contributed by atoms with Gasteiger partial charge in [-0.2, -0.15) is 0 Å². The molecule has 3 rings (SSSR count). The van der Waals surface area contributed by atoms with Gasteiger partial charge in [0.05, 0.1) is 0 Å². The number of benzene rings is 1. The van der Waals surface area contributed by atoms with Crippen molar-refractivity contribution in [2.24, 2.45) is 17.8 Å². The Labute approximate surface area is 148 Å². The second-order valence-electron chi connectivity index (χ2n) is 7.22. The first-order valence-electron chi connectivity index (χ1n) is 9.31. The van der Waals surface area contributed by atoms with Gasteiger partial charge in [0.15, 0.2) is 0 Å². The zero-order valence-corrected chi connectivity index (χ0v) is 14.7. The van der Waals surface area contributed by atoms with Crippen molar-refractivity contribution in [2.45, 2.75) is 45.4 Å². The number of hydrogen-bond donors (Lipinski definition) is 2. The molecule has 0 heterocycles. The van der Waals surface area contributed by atoms with Crippen LogP contribution in [0.2, 0.25) is 0 Å². The molecular weight excluding hydrogens is 316 g/mol. The van der Waals surface area contributed by atoms with Crippen LogP contribution in [-0.4, -0.2) is 24.1 Å². The minimum absolute atomic E-state index is 0.0319. The van der Waals surface area contributed by atoms with Crippen LogP contribution >= 0.6 is 0 Å². The van der Waals surface area contributed by atoms with Gasteiger partial charge >= 0.3 is 0 Å². The summed E-state index contributed by atoms with van der Waals surface area (Å²) in [5.74, 6) is 0.227. The molecule has 2 aliphatic rings. The molecule has 0 spiro atoms. The molecule has 1 aromatic carbocycles. The second kappa shape index (κ2) is 7.81. The molecule has 2 saturated carbocycles. The van der Waals surface area contributed by atoms with Crippen LogP contribution in [0, 0.1) is 17.8 Å². The van der Waals surface area contributed by atoms with Gasteiger partial charge < -0.3 is 10.6 Å². The standard InChI is InChI=1S/C20H26N2O3/c1-2-9-21-19(24)15-7-4-8-17(12-15)22-20(25)16-10-13-5-3-6-14(11-16)18(13)23/h4,7-8,12-14,16H,2-3,5-6,9-11H2,1H3,(H,21,24)(H,22,25). The van der Waals surface area contributed by atoms with E-state index in [1.165, 1.54) is 0 Å². The average Bonchev–Trinajstić information content (AvgIpc) is 2.59. The number of hydrogen-bond acceptors (Lipinski definition) is 3. The molecule has 0 aromatic heterocycles. The van der Waals surface area contributed by atoms with Crippen molar-refractivity contribution in [3.05, 3.63) is 29.8 Å². The van der Waals surface area contributed by atoms with Gasteiger partial charge in [-0.25, -0.2) is 0 Å². The van der Waals surface area contributed by atoms with E-state index in [2.05, 4.69) is 10.6 Å². The second-order valence-corrected chi connectivity index (χ2v) is 7.22. The fourth-order valence-electron chi connectivity index (χ4n) is 4.02. The summed E-state index contributed by atoms with van der Waals surface area (Å²) in [5.41, 5.74) is 1.18. The Morgan fingerprint density at radius 2 is 1.88 bits per heavy atom. The largest absolute Gasteiger partial charge is 0.352 e. The Hall–Kier alpha value is -2.17. The normalized spacial score (nSPS) is 25.3. The fourth-order valence-corrected chi connectivity index (χ4v) is 4.02. The summed E-state index contributed by atoms with van der Waals surface area (Å²) in [6.07, 6.45) is 5.16. The number of rotatable bonds is 5. The monoisotopic (exact) mass is 342 g/mol. The van der Waals surface area contributed by atoms with Crippen molar-refractivity contribution in [3.8, 4) is 0 Å². The van der Waals surface area contributed by atoms with Crippen LogP contribution in [0.4, 0.5) is 5.69 Å². The SMILES string of the molecule is CCCNC(=O)c1cccc(NC(=O)C2CC3CCCC(C2)C3=O)c1. The maximum Gasteiger partial charge on any atom is 0.251 e. The highest BCUT2D eigenvalue weighted by molar-refractivity contribution is 5.98. The van der Waals surface area contributed by atoms with Gasteiger partial charge in [0.1, 0.15) is 5.78 Å². The smallest absolute Gasteiger partial charge is 0.251 e. The minimum Gasteiger partial charge on any atom is -0.352 e. The van der Waals surface area contributed by atoms with Gasteiger partial charge in [-0.05, 0) is 50.3 Å². The van der Waals surface area contributed by atoms with Crippen LogP contribution in [0.15, 0.2) is 24.3 Å². The van der Waals surface area contributed by atoms with Crippen LogP contribution < -0.4 is 10.6 Å². The fraction of sp³-hybridized carbons (Fsp3) is 0.550. The van der Waals surface area contributed by atoms with Crippen LogP contribution in [0.5, 0.6) is 0 Å². The van der Waals surface area contributed by atoms with Crippen LogP contribution in [0.3, 0.4) is 0 Å². The Kier molecular flexibility index (Phi) is 5.51. The van der Waals surface area contributed by atoms with E-state index in [-0.39, 0.29) is 29.6 Å². The van der Waals surface area contributed by atoms with Crippen molar-refractivity contribution >= 4 is 23.3 Å². The van der Waals surface area contributed by atoms with Crippen molar-refractivity contribution < 1.29 is 14.4 Å². The lowest BCUT2D eigenvalue weighted by atomic mass is 9.67. The van der Waals surface area contributed by atoms with E-state index in [0.29, 0.717) is 36.4 Å². The highest BCUT2D eigenvalue weighted by Gasteiger charge is 2.41. The molecule has 2 N–H and O–H groups in total. The molecule has 5 heteroatoms. The van der Waals surface area contributed by atoms with Crippen LogP contribution in [0.1, 0.15) is 55.8 Å². The molecule has 2 unspecified atom stereocenters. The molecule has 134 valence electrons. The number of carbonyl (C=O) groups excluding carboxylic acids is 3. The van der Waals surface area contributed by atoms with Crippen LogP contribution in [0.25, 0.3) is 0 Å². The molecule has 2 amide bonds. The maximum absolute atomic E-state index is 12.6. The van der Waals surface area contributed by atoms with Crippen molar-refractivity contribution in [1.29, 1.82) is 0 Å². The lowest BCUT2D eigenvalue weighted by Crippen LogP contribution is -2.40. The average molecular weight is 342 g/mol. The zero-order chi connectivity index (χ0) is 17.8. The number of Topliss-reactive ketones (excluding diaryl/α,β-unsaturated/α-hetero) is 1. The Morgan fingerprint density at radius 1 is 1.16 bits per heavy atom. The molecule has 0 aliphatic heterocycles. The molecule has 2 fully saturated rings. The van der Waals surface area contributed by atoms with Gasteiger partial charge in [-0.3, -0.25) is 14.4 Å². The molecule has 25 heavy (non-hydrogen) atoms. The van der Waals surface area contributed by atoms with E-state index in [4.69, 9.17) is 0 Å². The lowest BCUT2D eigenvalue weighted by molar-refractivity contribution is -0.136. The summed E-state index contributed by atoms with van der Waals surface area (Å²) in [6.45, 7) is 2.63. The number of anilines is 1. The molecule has 1 aromatic rings. The third-order valence-corrected chi connectivity index (χ3v) is 5.35. The molecular formula is C20H26N2O3. The summed E-state index contributed by atoms with van der Waals surface area (Å²) < 4.78 is 0. The van der Waals surface area contributed by atoms with Gasteiger partial charge in [-0.1, -0.05) is 19.4 Å². The van der Waals surface area contributed by atoms with Crippen molar-refractivity contribution in [3.63, 3.8) is 0 Å². The van der Waals surface area contributed by atoms with E-state index in [1.807, 2.05) is 6.92 Å². The molecule has 2 aliphatic carbocycles. The summed E-state index contributed by atoms with van der Waals surface area (Å²) in [6, 6.07) is 7.01. The molecule has 0 saturated heterocycles. The number of nitrogens with one attached hydrogen (secondary N) is 2. The van der Waals surface area contributed by atoms with Crippen LogP contribution in [-0.2, 0) is 9.59 Å². The summed E-state index contributed by atoms with van der Waals surface area (Å²) >= 11 is 0. The minimum atomic E-state index is -0.129. The first-order valence-corrected chi connectivity index (χ1v) is 9.31. The number of carbonyl (C=O) groups is 3.